The van der Waals surface area contributed by atoms with Crippen molar-refractivity contribution in [2.24, 2.45) is 0 Å². The minimum Gasteiger partial charge on any atom is -0.454 e. The Kier molecular flexibility index (Phi) is 3.34. The summed E-state index contributed by atoms with van der Waals surface area (Å²) in [5.74, 6) is 1.56. The van der Waals surface area contributed by atoms with Crippen molar-refractivity contribution in [3.05, 3.63) is 89.0 Å². The maximum Gasteiger partial charge on any atom is 0.231 e. The summed E-state index contributed by atoms with van der Waals surface area (Å²) in [7, 11) is 0. The Balaban J connectivity index is 1.57. The maximum absolute atomic E-state index is 13.4. The Bertz CT molecular complexity index is 1180. The number of fused-ring (bicyclic) bond motifs is 4. The molecule has 136 valence electrons. The number of thioether (sulfide) groups is 1. The molecule has 0 amide bonds. The standard InChI is InChI=1S/C23H15NO3S/c25-22-15-6-2-1-5-14(15)21-20(22)23(28-19-8-4-3-7-16(19)24-21)13-9-10-17-18(11-13)27-12-26-17/h1-11,23-24H,12H2. The van der Waals surface area contributed by atoms with E-state index in [1.807, 2.05) is 54.6 Å². The predicted molar refractivity (Wildman–Crippen MR) is 109 cm³/mol. The van der Waals surface area contributed by atoms with Gasteiger partial charge in [0.2, 0.25) is 6.79 Å². The Morgan fingerprint density at radius 3 is 2.61 bits per heavy atom. The zero-order chi connectivity index (χ0) is 18.7. The van der Waals surface area contributed by atoms with Gasteiger partial charge in [-0.1, -0.05) is 42.5 Å². The van der Waals surface area contributed by atoms with E-state index in [1.54, 1.807) is 11.8 Å². The van der Waals surface area contributed by atoms with Gasteiger partial charge in [-0.05, 0) is 29.8 Å². The van der Waals surface area contributed by atoms with Crippen LogP contribution in [0.4, 0.5) is 5.69 Å². The summed E-state index contributed by atoms with van der Waals surface area (Å²) in [6, 6.07) is 21.9. The quantitative estimate of drug-likeness (QED) is 0.617. The first-order chi connectivity index (χ1) is 13.8. The zero-order valence-electron chi connectivity index (χ0n) is 14.8. The number of carbonyl (C=O) groups excluding carboxylic acids is 1. The SMILES string of the molecule is O=C1C2=C(Nc3ccccc3SC2c2ccc3c(c2)OCO3)c2ccccc21. The number of rotatable bonds is 1. The van der Waals surface area contributed by atoms with Crippen LogP contribution < -0.4 is 14.8 Å². The number of hydrogen-bond donors (Lipinski definition) is 1. The Morgan fingerprint density at radius 2 is 1.68 bits per heavy atom. The number of ether oxygens (including phenoxy) is 2. The molecule has 3 aromatic carbocycles. The van der Waals surface area contributed by atoms with Crippen LogP contribution in [-0.4, -0.2) is 12.6 Å². The lowest BCUT2D eigenvalue weighted by Gasteiger charge is -2.17. The van der Waals surface area contributed by atoms with Crippen LogP contribution in [0.2, 0.25) is 0 Å². The molecular formula is C23H15NO3S. The molecule has 0 spiro atoms. The molecule has 3 aliphatic rings. The van der Waals surface area contributed by atoms with Gasteiger partial charge in [0.25, 0.3) is 0 Å². The van der Waals surface area contributed by atoms with Gasteiger partial charge in [-0.15, -0.1) is 11.8 Å². The molecule has 1 atom stereocenters. The van der Waals surface area contributed by atoms with Gasteiger partial charge in [-0.3, -0.25) is 4.79 Å². The van der Waals surface area contributed by atoms with E-state index in [2.05, 4.69) is 17.4 Å². The van der Waals surface area contributed by atoms with Crippen molar-refractivity contribution in [1.82, 2.24) is 0 Å². The summed E-state index contributed by atoms with van der Waals surface area (Å²) in [5, 5.41) is 3.40. The summed E-state index contributed by atoms with van der Waals surface area (Å²) >= 11 is 1.69. The first-order valence-electron chi connectivity index (χ1n) is 9.10. The fourth-order valence-electron chi connectivity index (χ4n) is 3.99. The van der Waals surface area contributed by atoms with Gasteiger partial charge in [0.1, 0.15) is 0 Å². The summed E-state index contributed by atoms with van der Waals surface area (Å²) in [4.78, 5) is 14.5. The monoisotopic (exact) mass is 385 g/mol. The second kappa shape index (κ2) is 5.91. The van der Waals surface area contributed by atoms with E-state index in [1.165, 1.54) is 0 Å². The predicted octanol–water partition coefficient (Wildman–Crippen LogP) is 5.28. The van der Waals surface area contributed by atoms with Crippen molar-refractivity contribution < 1.29 is 14.3 Å². The summed E-state index contributed by atoms with van der Waals surface area (Å²) in [5.41, 5.74) is 5.47. The molecular weight excluding hydrogens is 370 g/mol. The van der Waals surface area contributed by atoms with E-state index < -0.39 is 0 Å². The molecule has 1 aliphatic carbocycles. The molecule has 6 rings (SSSR count). The highest BCUT2D eigenvalue weighted by molar-refractivity contribution is 8.00. The van der Waals surface area contributed by atoms with E-state index in [0.717, 1.165) is 50.0 Å². The number of Topliss-reactive ketones (excluding diaryl/α,β-unsaturated/α-hetero) is 1. The minimum absolute atomic E-state index is 0.0843. The normalized spacial score (nSPS) is 18.9. The van der Waals surface area contributed by atoms with Crippen LogP contribution in [0.15, 0.2) is 77.2 Å². The van der Waals surface area contributed by atoms with Gasteiger partial charge < -0.3 is 14.8 Å². The second-order valence-corrected chi connectivity index (χ2v) is 8.04. The minimum atomic E-state index is -0.138. The van der Waals surface area contributed by atoms with Gasteiger partial charge >= 0.3 is 0 Å². The van der Waals surface area contributed by atoms with Crippen LogP contribution in [0.25, 0.3) is 5.70 Å². The maximum atomic E-state index is 13.4. The molecule has 0 radical (unpaired) electrons. The molecule has 2 aliphatic heterocycles. The Morgan fingerprint density at radius 1 is 0.893 bits per heavy atom. The topological polar surface area (TPSA) is 47.6 Å². The lowest BCUT2D eigenvalue weighted by atomic mass is 10.0. The van der Waals surface area contributed by atoms with Crippen molar-refractivity contribution >= 4 is 28.9 Å². The second-order valence-electron chi connectivity index (χ2n) is 6.90. The van der Waals surface area contributed by atoms with Crippen LogP contribution in [-0.2, 0) is 0 Å². The van der Waals surface area contributed by atoms with E-state index in [9.17, 15) is 4.79 Å². The van der Waals surface area contributed by atoms with E-state index in [-0.39, 0.29) is 17.8 Å². The molecule has 0 saturated heterocycles. The fraction of sp³-hybridized carbons (Fsp3) is 0.0870. The smallest absolute Gasteiger partial charge is 0.231 e. The molecule has 4 nitrogen and oxygen atoms in total. The summed E-state index contributed by atoms with van der Waals surface area (Å²) in [6.07, 6.45) is 0. The van der Waals surface area contributed by atoms with Crippen LogP contribution >= 0.6 is 11.8 Å². The molecule has 0 saturated carbocycles. The third-order valence-corrected chi connectivity index (χ3v) is 6.66. The first-order valence-corrected chi connectivity index (χ1v) is 9.98. The van der Waals surface area contributed by atoms with Crippen molar-refractivity contribution in [2.45, 2.75) is 10.1 Å². The van der Waals surface area contributed by atoms with Crippen LogP contribution in [0, 0.1) is 0 Å². The number of hydrogen-bond acceptors (Lipinski definition) is 5. The zero-order valence-corrected chi connectivity index (χ0v) is 15.6. The summed E-state index contributed by atoms with van der Waals surface area (Å²) < 4.78 is 11.0. The van der Waals surface area contributed by atoms with Gasteiger partial charge in [0, 0.05) is 21.6 Å². The molecule has 1 N–H and O–H groups in total. The lowest BCUT2D eigenvalue weighted by Crippen LogP contribution is -2.07. The van der Waals surface area contributed by atoms with Crippen molar-refractivity contribution in [1.29, 1.82) is 0 Å². The average Bonchev–Trinajstić information content (AvgIpc) is 3.25. The van der Waals surface area contributed by atoms with Crippen LogP contribution in [0.5, 0.6) is 11.5 Å². The van der Waals surface area contributed by atoms with Crippen molar-refractivity contribution in [3.63, 3.8) is 0 Å². The number of benzene rings is 3. The highest BCUT2D eigenvalue weighted by Crippen LogP contribution is 2.53. The van der Waals surface area contributed by atoms with Gasteiger partial charge in [0.05, 0.1) is 16.6 Å². The van der Waals surface area contributed by atoms with Crippen LogP contribution in [0.3, 0.4) is 0 Å². The molecule has 5 heteroatoms. The van der Waals surface area contributed by atoms with Gasteiger partial charge in [0.15, 0.2) is 17.3 Å². The Labute approximate surface area is 166 Å². The average molecular weight is 385 g/mol. The molecule has 0 bridgehead atoms. The molecule has 0 aromatic heterocycles. The summed E-state index contributed by atoms with van der Waals surface area (Å²) in [6.45, 7) is 0.235. The number of carbonyl (C=O) groups is 1. The highest BCUT2D eigenvalue weighted by atomic mass is 32.2. The van der Waals surface area contributed by atoms with E-state index >= 15 is 0 Å². The molecule has 3 aromatic rings. The fourth-order valence-corrected chi connectivity index (χ4v) is 5.27. The number of para-hydroxylation sites is 1. The molecule has 0 fully saturated rings. The molecule has 28 heavy (non-hydrogen) atoms. The third-order valence-electron chi connectivity index (χ3n) is 5.31. The van der Waals surface area contributed by atoms with Crippen molar-refractivity contribution in [2.75, 3.05) is 12.1 Å². The van der Waals surface area contributed by atoms with Gasteiger partial charge in [-0.2, -0.15) is 0 Å². The number of anilines is 1. The number of nitrogens with one attached hydrogen (secondary N) is 1. The third kappa shape index (κ3) is 2.23. The number of ketones is 1. The first kappa shape index (κ1) is 15.8. The van der Waals surface area contributed by atoms with Crippen LogP contribution in [0.1, 0.15) is 26.7 Å². The molecule has 1 unspecified atom stereocenters. The lowest BCUT2D eigenvalue weighted by molar-refractivity contribution is 0.103. The van der Waals surface area contributed by atoms with E-state index in [4.69, 9.17) is 9.47 Å². The van der Waals surface area contributed by atoms with Crippen molar-refractivity contribution in [3.8, 4) is 11.5 Å². The largest absolute Gasteiger partial charge is 0.454 e. The highest BCUT2D eigenvalue weighted by Gasteiger charge is 2.38. The Hall–Kier alpha value is -3.18. The van der Waals surface area contributed by atoms with E-state index in [0.29, 0.717) is 0 Å². The molecule has 2 heterocycles. The van der Waals surface area contributed by atoms with Gasteiger partial charge in [-0.25, -0.2) is 0 Å².